The van der Waals surface area contributed by atoms with Gasteiger partial charge in [0.15, 0.2) is 0 Å². The topological polar surface area (TPSA) is 24.9 Å². The lowest BCUT2D eigenvalue weighted by Crippen LogP contribution is -1.91. The van der Waals surface area contributed by atoms with Crippen molar-refractivity contribution in [2.24, 2.45) is 0 Å². The van der Waals surface area contributed by atoms with E-state index in [9.17, 15) is 0 Å². The first kappa shape index (κ1) is 12.4. The summed E-state index contributed by atoms with van der Waals surface area (Å²) in [7, 11) is 0. The Labute approximate surface area is 119 Å². The molecule has 0 saturated heterocycles. The SMILES string of the molecule is Cc1cccc(Nc2cccc(-c3ccncc3)c2)c1. The largest absolute Gasteiger partial charge is 0.356 e. The van der Waals surface area contributed by atoms with E-state index in [1.54, 1.807) is 0 Å². The van der Waals surface area contributed by atoms with E-state index in [0.717, 1.165) is 11.4 Å². The van der Waals surface area contributed by atoms with Gasteiger partial charge in [0.25, 0.3) is 0 Å². The highest BCUT2D eigenvalue weighted by Crippen LogP contribution is 2.24. The highest BCUT2D eigenvalue weighted by atomic mass is 14.9. The van der Waals surface area contributed by atoms with Crippen molar-refractivity contribution in [3.8, 4) is 11.1 Å². The van der Waals surface area contributed by atoms with Gasteiger partial charge in [-0.05, 0) is 60.0 Å². The Morgan fingerprint density at radius 2 is 1.45 bits per heavy atom. The number of pyridine rings is 1. The zero-order chi connectivity index (χ0) is 13.8. The second kappa shape index (κ2) is 5.57. The van der Waals surface area contributed by atoms with Crippen LogP contribution in [-0.4, -0.2) is 4.98 Å². The predicted molar refractivity (Wildman–Crippen MR) is 84.1 cm³/mol. The summed E-state index contributed by atoms with van der Waals surface area (Å²) in [4.78, 5) is 4.06. The van der Waals surface area contributed by atoms with Crippen LogP contribution in [-0.2, 0) is 0 Å². The number of hydrogen-bond donors (Lipinski definition) is 1. The molecular weight excluding hydrogens is 244 g/mol. The molecule has 0 aliphatic rings. The third-order valence-corrected chi connectivity index (χ3v) is 3.18. The van der Waals surface area contributed by atoms with E-state index in [2.05, 4.69) is 65.8 Å². The van der Waals surface area contributed by atoms with Crippen LogP contribution in [0.15, 0.2) is 73.1 Å². The zero-order valence-electron chi connectivity index (χ0n) is 11.4. The summed E-state index contributed by atoms with van der Waals surface area (Å²) in [6, 6.07) is 20.8. The number of aromatic nitrogens is 1. The van der Waals surface area contributed by atoms with Crippen LogP contribution in [0.5, 0.6) is 0 Å². The van der Waals surface area contributed by atoms with Crippen molar-refractivity contribution in [3.05, 3.63) is 78.6 Å². The van der Waals surface area contributed by atoms with E-state index < -0.39 is 0 Å². The molecule has 0 amide bonds. The quantitative estimate of drug-likeness (QED) is 0.731. The molecule has 98 valence electrons. The Bertz CT molecular complexity index is 705. The summed E-state index contributed by atoms with van der Waals surface area (Å²) in [6.45, 7) is 2.10. The van der Waals surface area contributed by atoms with Gasteiger partial charge in [-0.25, -0.2) is 0 Å². The van der Waals surface area contributed by atoms with Crippen LogP contribution in [0.2, 0.25) is 0 Å². The van der Waals surface area contributed by atoms with Gasteiger partial charge in [0.05, 0.1) is 0 Å². The maximum atomic E-state index is 4.06. The van der Waals surface area contributed by atoms with Crippen molar-refractivity contribution >= 4 is 11.4 Å². The Morgan fingerprint density at radius 1 is 0.750 bits per heavy atom. The molecule has 0 radical (unpaired) electrons. The molecule has 20 heavy (non-hydrogen) atoms. The van der Waals surface area contributed by atoms with Gasteiger partial charge in [0.2, 0.25) is 0 Å². The van der Waals surface area contributed by atoms with Crippen molar-refractivity contribution in [1.82, 2.24) is 4.98 Å². The van der Waals surface area contributed by atoms with Gasteiger partial charge in [-0.3, -0.25) is 4.98 Å². The normalized spacial score (nSPS) is 10.2. The van der Waals surface area contributed by atoms with Crippen LogP contribution in [0.1, 0.15) is 5.56 Å². The monoisotopic (exact) mass is 260 g/mol. The molecule has 0 atom stereocenters. The first-order valence-electron chi connectivity index (χ1n) is 6.65. The summed E-state index contributed by atoms with van der Waals surface area (Å²) in [6.07, 6.45) is 3.63. The fourth-order valence-corrected chi connectivity index (χ4v) is 2.21. The first-order chi connectivity index (χ1) is 9.81. The molecule has 2 nitrogen and oxygen atoms in total. The molecule has 0 aliphatic carbocycles. The minimum absolute atomic E-state index is 1.09. The van der Waals surface area contributed by atoms with Gasteiger partial charge < -0.3 is 5.32 Å². The molecule has 2 heteroatoms. The van der Waals surface area contributed by atoms with Gasteiger partial charge in [-0.1, -0.05) is 24.3 Å². The van der Waals surface area contributed by atoms with E-state index in [0.29, 0.717) is 0 Å². The molecule has 3 aromatic rings. The molecule has 1 aromatic heterocycles. The maximum Gasteiger partial charge on any atom is 0.0390 e. The predicted octanol–water partition coefficient (Wildman–Crippen LogP) is 4.80. The Morgan fingerprint density at radius 3 is 2.20 bits per heavy atom. The molecule has 0 bridgehead atoms. The Balaban J connectivity index is 1.88. The lowest BCUT2D eigenvalue weighted by molar-refractivity contribution is 1.33. The average molecular weight is 260 g/mol. The van der Waals surface area contributed by atoms with Crippen molar-refractivity contribution < 1.29 is 0 Å². The second-order valence-electron chi connectivity index (χ2n) is 4.81. The highest BCUT2D eigenvalue weighted by Gasteiger charge is 1.99. The number of benzene rings is 2. The van der Waals surface area contributed by atoms with Crippen LogP contribution in [0.25, 0.3) is 11.1 Å². The molecule has 0 unspecified atom stereocenters. The number of nitrogens with zero attached hydrogens (tertiary/aromatic N) is 1. The van der Waals surface area contributed by atoms with E-state index in [1.165, 1.54) is 16.7 Å². The van der Waals surface area contributed by atoms with Crippen molar-refractivity contribution in [2.45, 2.75) is 6.92 Å². The van der Waals surface area contributed by atoms with E-state index in [4.69, 9.17) is 0 Å². The molecular formula is C18H16N2. The smallest absolute Gasteiger partial charge is 0.0390 e. The van der Waals surface area contributed by atoms with Gasteiger partial charge in [-0.15, -0.1) is 0 Å². The molecule has 0 fully saturated rings. The van der Waals surface area contributed by atoms with Crippen molar-refractivity contribution in [2.75, 3.05) is 5.32 Å². The third kappa shape index (κ3) is 2.86. The minimum atomic E-state index is 1.09. The second-order valence-corrected chi connectivity index (χ2v) is 4.81. The molecule has 1 N–H and O–H groups in total. The Hall–Kier alpha value is -2.61. The van der Waals surface area contributed by atoms with Crippen molar-refractivity contribution in [1.29, 1.82) is 0 Å². The summed E-state index contributed by atoms with van der Waals surface area (Å²) in [5, 5.41) is 3.44. The number of nitrogens with one attached hydrogen (secondary N) is 1. The molecule has 1 heterocycles. The van der Waals surface area contributed by atoms with Crippen LogP contribution >= 0.6 is 0 Å². The summed E-state index contributed by atoms with van der Waals surface area (Å²) < 4.78 is 0. The van der Waals surface area contributed by atoms with Gasteiger partial charge in [0.1, 0.15) is 0 Å². The molecule has 2 aromatic carbocycles. The van der Waals surface area contributed by atoms with Crippen molar-refractivity contribution in [3.63, 3.8) is 0 Å². The number of rotatable bonds is 3. The lowest BCUT2D eigenvalue weighted by Gasteiger charge is -2.09. The Kier molecular flexibility index (Phi) is 3.46. The molecule has 0 spiro atoms. The molecule has 3 rings (SSSR count). The third-order valence-electron chi connectivity index (χ3n) is 3.18. The average Bonchev–Trinajstić information content (AvgIpc) is 2.48. The van der Waals surface area contributed by atoms with Gasteiger partial charge >= 0.3 is 0 Å². The fourth-order valence-electron chi connectivity index (χ4n) is 2.21. The summed E-state index contributed by atoms with van der Waals surface area (Å²) in [5.41, 5.74) is 5.81. The number of hydrogen-bond acceptors (Lipinski definition) is 2. The van der Waals surface area contributed by atoms with Crippen LogP contribution < -0.4 is 5.32 Å². The summed E-state index contributed by atoms with van der Waals surface area (Å²) in [5.74, 6) is 0. The first-order valence-corrected chi connectivity index (χ1v) is 6.65. The van der Waals surface area contributed by atoms with E-state index in [1.807, 2.05) is 24.5 Å². The number of aryl methyl sites for hydroxylation is 1. The van der Waals surface area contributed by atoms with Crippen LogP contribution in [0, 0.1) is 6.92 Å². The molecule has 0 aliphatic heterocycles. The standard InChI is InChI=1S/C18H16N2/c1-14-4-2-6-17(12-14)20-18-7-3-5-16(13-18)15-8-10-19-11-9-15/h2-13,20H,1H3. The fraction of sp³-hybridized carbons (Fsp3) is 0.0556. The lowest BCUT2D eigenvalue weighted by atomic mass is 10.1. The highest BCUT2D eigenvalue weighted by molar-refractivity contribution is 5.70. The maximum absolute atomic E-state index is 4.06. The molecule has 0 saturated carbocycles. The van der Waals surface area contributed by atoms with Crippen LogP contribution in [0.4, 0.5) is 11.4 Å². The van der Waals surface area contributed by atoms with Gasteiger partial charge in [0, 0.05) is 23.8 Å². The van der Waals surface area contributed by atoms with Gasteiger partial charge in [-0.2, -0.15) is 0 Å². The number of anilines is 2. The van der Waals surface area contributed by atoms with Crippen LogP contribution in [0.3, 0.4) is 0 Å². The summed E-state index contributed by atoms with van der Waals surface area (Å²) >= 11 is 0. The van der Waals surface area contributed by atoms with E-state index in [-0.39, 0.29) is 0 Å². The van der Waals surface area contributed by atoms with E-state index >= 15 is 0 Å². The minimum Gasteiger partial charge on any atom is -0.356 e. The zero-order valence-corrected chi connectivity index (χ0v) is 11.4.